The lowest BCUT2D eigenvalue weighted by molar-refractivity contribution is -0.126. The van der Waals surface area contributed by atoms with Gasteiger partial charge >= 0.3 is 0 Å². The molecule has 0 radical (unpaired) electrons. The van der Waals surface area contributed by atoms with E-state index >= 15 is 0 Å². The smallest absolute Gasteiger partial charge is 0.114 e. The molecule has 5 nitrogen and oxygen atoms in total. The Labute approximate surface area is 203 Å². The Morgan fingerprint density at radius 1 is 0.794 bits per heavy atom. The van der Waals surface area contributed by atoms with E-state index in [4.69, 9.17) is 9.97 Å². The fraction of sp³-hybridized carbons (Fsp3) is 0.655. The minimum atomic E-state index is -0.157. The largest absolute Gasteiger partial charge is 0.393 e. The number of aromatic nitrogens is 2. The molecule has 5 aliphatic rings. The van der Waals surface area contributed by atoms with Crippen molar-refractivity contribution in [1.82, 2.24) is 9.97 Å². The van der Waals surface area contributed by atoms with Gasteiger partial charge in [0.15, 0.2) is 0 Å². The van der Waals surface area contributed by atoms with Crippen molar-refractivity contribution in [1.29, 1.82) is 0 Å². The third-order valence-corrected chi connectivity index (χ3v) is 11.3. The molecule has 0 bridgehead atoms. The molecule has 3 heterocycles. The van der Waals surface area contributed by atoms with Gasteiger partial charge in [-0.3, -0.25) is 9.97 Å². The number of hydrogen-bond acceptors (Lipinski definition) is 5. The van der Waals surface area contributed by atoms with Gasteiger partial charge in [-0.15, -0.1) is 0 Å². The van der Waals surface area contributed by atoms with Crippen LogP contribution in [-0.2, 0) is 0 Å². The number of aliphatic hydroxyl groups excluding tert-OH is 1. The van der Waals surface area contributed by atoms with Crippen molar-refractivity contribution >= 4 is 11.4 Å². The van der Waals surface area contributed by atoms with Gasteiger partial charge in [-0.1, -0.05) is 13.8 Å². The third kappa shape index (κ3) is 2.82. The Morgan fingerprint density at radius 3 is 2.18 bits per heavy atom. The average Bonchev–Trinajstić information content (AvgIpc) is 3.07. The lowest BCUT2D eigenvalue weighted by Crippen LogP contribution is -2.59. The molecule has 4 fully saturated rings. The summed E-state index contributed by atoms with van der Waals surface area (Å²) in [5.74, 6) is 3.04. The Bertz CT molecular complexity index is 1070. The van der Waals surface area contributed by atoms with E-state index in [1.165, 1.54) is 38.5 Å². The minimum Gasteiger partial charge on any atom is -0.393 e. The normalized spacial score (nSPS) is 41.6. The molecule has 3 N–H and O–H groups in total. The molecule has 180 valence electrons. The van der Waals surface area contributed by atoms with Crippen LogP contribution < -0.4 is 10.6 Å². The number of anilines is 2. The number of aliphatic hydroxyl groups is 1. The number of rotatable bonds is 0. The van der Waals surface area contributed by atoms with Crippen LogP contribution in [0.2, 0.25) is 0 Å². The van der Waals surface area contributed by atoms with Crippen molar-refractivity contribution in [2.75, 3.05) is 10.6 Å². The predicted molar refractivity (Wildman–Crippen MR) is 135 cm³/mol. The van der Waals surface area contributed by atoms with Crippen LogP contribution in [0.3, 0.4) is 0 Å². The van der Waals surface area contributed by atoms with E-state index < -0.39 is 0 Å². The fourth-order valence-electron chi connectivity index (χ4n) is 9.40. The summed E-state index contributed by atoms with van der Waals surface area (Å²) in [7, 11) is 0. The predicted octanol–water partition coefficient (Wildman–Crippen LogP) is 6.08. The van der Waals surface area contributed by atoms with Crippen LogP contribution in [0.25, 0.3) is 11.4 Å². The maximum absolute atomic E-state index is 10.8. The van der Waals surface area contributed by atoms with Crippen LogP contribution in [-0.4, -0.2) is 26.8 Å². The van der Waals surface area contributed by atoms with Gasteiger partial charge in [-0.05, 0) is 117 Å². The van der Waals surface area contributed by atoms with E-state index in [0.29, 0.717) is 11.3 Å². The monoisotopic (exact) mass is 458 g/mol. The number of nitrogens with one attached hydrogen (secondary N) is 2. The Balaban J connectivity index is 1.21. The molecule has 1 aliphatic heterocycles. The molecule has 4 aliphatic carbocycles. The summed E-state index contributed by atoms with van der Waals surface area (Å²) in [4.78, 5) is 9.41. The highest BCUT2D eigenvalue weighted by atomic mass is 16.3. The third-order valence-electron chi connectivity index (χ3n) is 11.3. The highest BCUT2D eigenvalue weighted by Gasteiger charge is 2.61. The SMILES string of the molecule is C[C@]12CCC3(C[C@@H]1CC[C@@H]1[C@@H]2CC[C@]2(C)[C@@H](O)CC[C@@H]12)Nc1cccnc1-c1ncccc1N3. The summed E-state index contributed by atoms with van der Waals surface area (Å²) in [6.45, 7) is 5.02. The number of pyridine rings is 2. The molecule has 2 aromatic rings. The van der Waals surface area contributed by atoms with Crippen molar-refractivity contribution in [3.05, 3.63) is 36.7 Å². The zero-order valence-corrected chi connectivity index (χ0v) is 20.6. The fourth-order valence-corrected chi connectivity index (χ4v) is 9.40. The lowest BCUT2D eigenvalue weighted by atomic mass is 9.44. The first kappa shape index (κ1) is 21.2. The van der Waals surface area contributed by atoms with Gasteiger partial charge in [0.25, 0.3) is 0 Å². The molecule has 1 spiro atoms. The zero-order valence-electron chi connectivity index (χ0n) is 20.6. The Morgan fingerprint density at radius 2 is 1.47 bits per heavy atom. The maximum atomic E-state index is 10.8. The maximum Gasteiger partial charge on any atom is 0.114 e. The van der Waals surface area contributed by atoms with Crippen molar-refractivity contribution in [3.63, 3.8) is 0 Å². The Kier molecular flexibility index (Phi) is 4.48. The van der Waals surface area contributed by atoms with Crippen LogP contribution in [0, 0.1) is 34.5 Å². The molecule has 0 amide bonds. The molecule has 7 rings (SSSR count). The van der Waals surface area contributed by atoms with Gasteiger partial charge < -0.3 is 15.7 Å². The second kappa shape index (κ2) is 7.19. The molecular formula is C29H38N4O. The van der Waals surface area contributed by atoms with E-state index in [-0.39, 0.29) is 17.2 Å². The van der Waals surface area contributed by atoms with Gasteiger partial charge in [0.05, 0.1) is 17.5 Å². The molecule has 34 heavy (non-hydrogen) atoms. The minimum absolute atomic E-state index is 0.0830. The van der Waals surface area contributed by atoms with E-state index in [9.17, 15) is 5.11 Å². The lowest BCUT2D eigenvalue weighted by Gasteiger charge is -2.62. The molecule has 0 aromatic carbocycles. The highest BCUT2D eigenvalue weighted by molar-refractivity contribution is 5.83. The van der Waals surface area contributed by atoms with Crippen molar-refractivity contribution < 1.29 is 5.11 Å². The standard InChI is InChI=1S/C29H38N4O/c1-27-13-14-29(32-22-5-3-15-30-25(22)26-23(33-29)6-4-16-31-26)17-18(27)7-8-19-20-9-10-24(34)28(20,2)12-11-21(19)27/h3-6,15-16,18-21,24,32-34H,7-14,17H2,1-2H3/t18-,19-,20-,21-,24-,27-,28-/m0/s1. The van der Waals surface area contributed by atoms with Gasteiger partial charge in [-0.25, -0.2) is 0 Å². The van der Waals surface area contributed by atoms with E-state index in [2.05, 4.69) is 36.6 Å². The Hall–Kier alpha value is -2.14. The van der Waals surface area contributed by atoms with E-state index in [1.54, 1.807) is 0 Å². The molecular weight excluding hydrogens is 420 g/mol. The average molecular weight is 459 g/mol. The van der Waals surface area contributed by atoms with Crippen molar-refractivity contribution in [2.24, 2.45) is 34.5 Å². The van der Waals surface area contributed by atoms with Gasteiger partial charge in [0.1, 0.15) is 17.1 Å². The summed E-state index contributed by atoms with van der Waals surface area (Å²) in [5, 5.41) is 18.7. The molecule has 4 saturated carbocycles. The number of hydrogen-bond donors (Lipinski definition) is 3. The molecule has 5 heteroatoms. The van der Waals surface area contributed by atoms with Crippen LogP contribution in [0.1, 0.15) is 71.6 Å². The summed E-state index contributed by atoms with van der Waals surface area (Å²) in [6.07, 6.45) is 14.6. The first-order valence-electron chi connectivity index (χ1n) is 13.6. The first-order chi connectivity index (χ1) is 16.4. The van der Waals surface area contributed by atoms with Crippen LogP contribution >= 0.6 is 0 Å². The van der Waals surface area contributed by atoms with Crippen molar-refractivity contribution in [3.8, 4) is 11.4 Å². The molecule has 0 unspecified atom stereocenters. The molecule has 2 aromatic heterocycles. The van der Waals surface area contributed by atoms with Crippen LogP contribution in [0.4, 0.5) is 11.4 Å². The van der Waals surface area contributed by atoms with Gasteiger partial charge in [0.2, 0.25) is 0 Å². The van der Waals surface area contributed by atoms with Crippen LogP contribution in [0.5, 0.6) is 0 Å². The van der Waals surface area contributed by atoms with E-state index in [1.807, 2.05) is 24.5 Å². The number of nitrogens with zero attached hydrogens (tertiary/aromatic N) is 2. The van der Waals surface area contributed by atoms with Gasteiger partial charge in [-0.2, -0.15) is 0 Å². The molecule has 7 atom stereocenters. The van der Waals surface area contributed by atoms with E-state index in [0.717, 1.165) is 59.8 Å². The van der Waals surface area contributed by atoms with Crippen molar-refractivity contribution in [2.45, 2.75) is 83.4 Å². The van der Waals surface area contributed by atoms with Gasteiger partial charge in [0, 0.05) is 12.4 Å². The van der Waals surface area contributed by atoms with Crippen LogP contribution in [0.15, 0.2) is 36.7 Å². The summed E-state index contributed by atoms with van der Waals surface area (Å²) < 4.78 is 0. The zero-order chi connectivity index (χ0) is 23.1. The summed E-state index contributed by atoms with van der Waals surface area (Å²) in [5.41, 5.74) is 4.50. The topological polar surface area (TPSA) is 70.1 Å². The second-order valence-electron chi connectivity index (χ2n) is 12.6. The summed E-state index contributed by atoms with van der Waals surface area (Å²) >= 11 is 0. The quantitative estimate of drug-likeness (QED) is 0.446. The molecule has 0 saturated heterocycles. The first-order valence-corrected chi connectivity index (χ1v) is 13.6. The summed E-state index contributed by atoms with van der Waals surface area (Å²) in [6, 6.07) is 8.38. The number of fused-ring (bicyclic) bond motifs is 8. The second-order valence-corrected chi connectivity index (χ2v) is 12.6. The highest BCUT2D eigenvalue weighted by Crippen LogP contribution is 2.67.